The summed E-state index contributed by atoms with van der Waals surface area (Å²) in [6, 6.07) is 2.04. The Morgan fingerprint density at radius 3 is 2.61 bits per heavy atom. The summed E-state index contributed by atoms with van der Waals surface area (Å²) in [5.74, 6) is -0.739. The van der Waals surface area contributed by atoms with Crippen molar-refractivity contribution in [3.05, 3.63) is 40.7 Å². The van der Waals surface area contributed by atoms with E-state index in [9.17, 15) is 9.65 Å². The van der Waals surface area contributed by atoms with Gasteiger partial charge in [-0.2, -0.15) is 5.26 Å². The van der Waals surface area contributed by atoms with Crippen molar-refractivity contribution in [2.75, 3.05) is 50.0 Å². The van der Waals surface area contributed by atoms with E-state index in [2.05, 4.69) is 20.2 Å². The van der Waals surface area contributed by atoms with Crippen LogP contribution in [0.1, 0.15) is 16.7 Å². The molecule has 12 heteroatoms. The van der Waals surface area contributed by atoms with Gasteiger partial charge in [-0.3, -0.25) is 4.98 Å². The van der Waals surface area contributed by atoms with Gasteiger partial charge in [-0.05, 0) is 11.1 Å². The van der Waals surface area contributed by atoms with E-state index in [1.54, 1.807) is 6.20 Å². The molecule has 4 aliphatic heterocycles. The van der Waals surface area contributed by atoms with Crippen molar-refractivity contribution in [3.8, 4) is 17.3 Å². The molecule has 2 atom stereocenters. The molecule has 3 aromatic heterocycles. The van der Waals surface area contributed by atoms with E-state index >= 15 is 4.39 Å². The summed E-state index contributed by atoms with van der Waals surface area (Å²) in [6.45, 7) is 5.00. The maximum absolute atomic E-state index is 16.6. The van der Waals surface area contributed by atoms with Crippen LogP contribution in [0, 0.1) is 33.8 Å². The number of nitrogen functional groups attached to an aromatic ring is 1. The van der Waals surface area contributed by atoms with E-state index in [4.69, 9.17) is 20.2 Å². The molecule has 0 bridgehead atoms. The minimum Gasteiger partial charge on any atom is -0.389 e. The fourth-order valence-corrected chi connectivity index (χ4v) is 7.84. The molecule has 2 unspecified atom stereocenters. The van der Waals surface area contributed by atoms with Gasteiger partial charge < -0.3 is 25.4 Å². The van der Waals surface area contributed by atoms with E-state index in [1.165, 1.54) is 0 Å². The molecule has 8 rings (SSSR count). The van der Waals surface area contributed by atoms with Crippen LogP contribution in [0.5, 0.6) is 0 Å². The number of ether oxygens (including phenoxy) is 2. The summed E-state index contributed by atoms with van der Waals surface area (Å²) in [5, 5.41) is 14.2. The number of anilines is 2. The number of thiophene rings is 1. The van der Waals surface area contributed by atoms with Crippen LogP contribution >= 0.6 is 11.3 Å². The van der Waals surface area contributed by atoms with Gasteiger partial charge in [0, 0.05) is 59.5 Å². The molecular formula is C26H21F2N7O2S. The van der Waals surface area contributed by atoms with E-state index < -0.39 is 11.6 Å². The number of nitrogens with one attached hydrogen (secondary N) is 1. The topological polar surface area (TPSA) is 122 Å². The predicted molar refractivity (Wildman–Crippen MR) is 136 cm³/mol. The lowest BCUT2D eigenvalue weighted by Gasteiger charge is -2.27. The highest BCUT2D eigenvalue weighted by atomic mass is 32.1. The van der Waals surface area contributed by atoms with Crippen LogP contribution in [-0.2, 0) is 22.7 Å². The Labute approximate surface area is 219 Å². The van der Waals surface area contributed by atoms with Gasteiger partial charge in [-0.15, -0.1) is 11.3 Å². The molecule has 1 aromatic carbocycles. The third-order valence-electron chi connectivity index (χ3n) is 8.81. The van der Waals surface area contributed by atoms with Crippen molar-refractivity contribution in [1.29, 1.82) is 5.26 Å². The van der Waals surface area contributed by atoms with Crippen LogP contribution < -0.4 is 16.0 Å². The number of pyridine rings is 1. The van der Waals surface area contributed by atoms with Crippen LogP contribution in [0.4, 0.5) is 19.7 Å². The zero-order chi connectivity index (χ0) is 25.8. The lowest BCUT2D eigenvalue weighted by Crippen LogP contribution is -2.38. The summed E-state index contributed by atoms with van der Waals surface area (Å²) in [7, 11) is 0. The second-order valence-electron chi connectivity index (χ2n) is 10.7. The average molecular weight is 534 g/mol. The number of nitrogens with zero attached hydrogens (tertiary/aromatic N) is 5. The van der Waals surface area contributed by atoms with Crippen LogP contribution in [-0.4, -0.2) is 54.3 Å². The molecule has 3 saturated heterocycles. The fourth-order valence-electron chi connectivity index (χ4n) is 6.92. The third kappa shape index (κ3) is 2.69. The molecule has 38 heavy (non-hydrogen) atoms. The highest BCUT2D eigenvalue weighted by Gasteiger charge is 2.64. The Morgan fingerprint density at radius 1 is 1.08 bits per heavy atom. The van der Waals surface area contributed by atoms with E-state index in [0.29, 0.717) is 30.1 Å². The Kier molecular flexibility index (Phi) is 4.46. The normalized spacial score (nSPS) is 25.8. The number of halogens is 2. The number of fused-ring (bicyclic) bond motifs is 4. The van der Waals surface area contributed by atoms with Crippen molar-refractivity contribution < 1.29 is 18.3 Å². The van der Waals surface area contributed by atoms with Gasteiger partial charge in [0.1, 0.15) is 16.6 Å². The fraction of sp³-hybridized carbons (Fsp3) is 0.385. The average Bonchev–Trinajstić information content (AvgIpc) is 3.68. The molecule has 7 heterocycles. The lowest BCUT2D eigenvalue weighted by atomic mass is 9.71. The minimum atomic E-state index is -0.608. The Bertz CT molecular complexity index is 1720. The number of benzene rings is 1. The summed E-state index contributed by atoms with van der Waals surface area (Å²) < 4.78 is 43.0. The standard InChI is InChI=1S/C26H21F2N7O2S/c27-16-3-32-21(18-12(1-29)23(30)38-22(16)18)17-15-5-36-4-14(15)13-2-33-24(34-20(13)19(17)28)35-8-25-6-31-7-26(25,9-35)11-37-10-25/h2-3,31H,4-11,30H2. The molecule has 0 saturated carbocycles. The van der Waals surface area contributed by atoms with E-state index in [-0.39, 0.29) is 61.5 Å². The number of aromatic nitrogens is 3. The summed E-state index contributed by atoms with van der Waals surface area (Å²) in [5.41, 5.74) is 7.98. The molecule has 0 aliphatic carbocycles. The lowest BCUT2D eigenvalue weighted by molar-refractivity contribution is 0.135. The predicted octanol–water partition coefficient (Wildman–Crippen LogP) is 3.09. The second-order valence-corrected chi connectivity index (χ2v) is 11.7. The van der Waals surface area contributed by atoms with Crippen molar-refractivity contribution >= 4 is 43.3 Å². The van der Waals surface area contributed by atoms with Gasteiger partial charge in [-0.1, -0.05) is 0 Å². The first-order valence-corrected chi connectivity index (χ1v) is 13.1. The van der Waals surface area contributed by atoms with Gasteiger partial charge in [0.05, 0.1) is 48.6 Å². The van der Waals surface area contributed by atoms with Gasteiger partial charge in [0.25, 0.3) is 0 Å². The van der Waals surface area contributed by atoms with Crippen LogP contribution in [0.25, 0.3) is 32.2 Å². The Balaban J connectivity index is 1.34. The monoisotopic (exact) mass is 533 g/mol. The molecule has 0 amide bonds. The minimum absolute atomic E-state index is 0.00297. The molecule has 4 aromatic rings. The second kappa shape index (κ2) is 7.54. The molecule has 4 aliphatic rings. The Morgan fingerprint density at radius 2 is 1.84 bits per heavy atom. The zero-order valence-corrected chi connectivity index (χ0v) is 20.9. The smallest absolute Gasteiger partial charge is 0.226 e. The van der Waals surface area contributed by atoms with Crippen molar-refractivity contribution in [1.82, 2.24) is 20.3 Å². The van der Waals surface area contributed by atoms with Gasteiger partial charge in [0.2, 0.25) is 5.95 Å². The third-order valence-corrected chi connectivity index (χ3v) is 9.84. The highest BCUT2D eigenvalue weighted by Crippen LogP contribution is 2.54. The highest BCUT2D eigenvalue weighted by molar-refractivity contribution is 7.23. The number of nitrogens with two attached hydrogens (primary N) is 1. The van der Waals surface area contributed by atoms with E-state index in [0.717, 1.165) is 49.3 Å². The first kappa shape index (κ1) is 22.5. The maximum atomic E-state index is 16.6. The SMILES string of the molecule is N#Cc1c(N)sc2c(F)cnc(-c3c4c(c5cnc(N6CC78CNCC7(COC8)C6)nc5c3F)COC4)c12. The zero-order valence-electron chi connectivity index (χ0n) is 20.1. The summed E-state index contributed by atoms with van der Waals surface area (Å²) in [4.78, 5) is 15.8. The summed E-state index contributed by atoms with van der Waals surface area (Å²) >= 11 is 0.955. The van der Waals surface area contributed by atoms with Gasteiger partial charge in [0.15, 0.2) is 11.6 Å². The number of nitriles is 1. The quantitative estimate of drug-likeness (QED) is 0.400. The number of hydrogen-bond acceptors (Lipinski definition) is 10. The van der Waals surface area contributed by atoms with Gasteiger partial charge in [-0.25, -0.2) is 18.7 Å². The first-order valence-electron chi connectivity index (χ1n) is 12.3. The Hall–Kier alpha value is -3.50. The van der Waals surface area contributed by atoms with Crippen molar-refractivity contribution in [2.45, 2.75) is 13.2 Å². The molecular weight excluding hydrogens is 512 g/mol. The maximum Gasteiger partial charge on any atom is 0.226 e. The first-order chi connectivity index (χ1) is 18.5. The number of hydrogen-bond donors (Lipinski definition) is 2. The molecule has 192 valence electrons. The summed E-state index contributed by atoms with van der Waals surface area (Å²) in [6.07, 6.45) is 2.71. The van der Waals surface area contributed by atoms with Crippen molar-refractivity contribution in [3.63, 3.8) is 0 Å². The molecule has 0 radical (unpaired) electrons. The van der Waals surface area contributed by atoms with Crippen LogP contribution in [0.15, 0.2) is 12.4 Å². The van der Waals surface area contributed by atoms with Crippen molar-refractivity contribution in [2.24, 2.45) is 10.8 Å². The van der Waals surface area contributed by atoms with Crippen LogP contribution in [0.2, 0.25) is 0 Å². The van der Waals surface area contributed by atoms with Crippen LogP contribution in [0.3, 0.4) is 0 Å². The van der Waals surface area contributed by atoms with E-state index in [1.807, 2.05) is 6.07 Å². The number of rotatable bonds is 2. The molecule has 3 fully saturated rings. The largest absolute Gasteiger partial charge is 0.389 e. The molecule has 3 N–H and O–H groups in total. The van der Waals surface area contributed by atoms with Gasteiger partial charge >= 0.3 is 0 Å². The molecule has 9 nitrogen and oxygen atoms in total. The molecule has 0 spiro atoms.